The Balaban J connectivity index is 1.47. The monoisotopic (exact) mass is 440 g/mol. The van der Waals surface area contributed by atoms with Gasteiger partial charge in [0.25, 0.3) is 0 Å². The van der Waals surface area contributed by atoms with Gasteiger partial charge in [-0.25, -0.2) is 4.98 Å². The van der Waals surface area contributed by atoms with Gasteiger partial charge in [0.1, 0.15) is 0 Å². The van der Waals surface area contributed by atoms with Crippen molar-refractivity contribution in [2.45, 2.75) is 33.6 Å². The summed E-state index contributed by atoms with van der Waals surface area (Å²) >= 11 is 1.38. The van der Waals surface area contributed by atoms with Gasteiger partial charge in [0.15, 0.2) is 5.13 Å². The molecule has 0 aliphatic carbocycles. The zero-order chi connectivity index (χ0) is 22.2. The highest BCUT2D eigenvalue weighted by Gasteiger charge is 2.21. The highest BCUT2D eigenvalue weighted by atomic mass is 32.1. The number of carbonyl (C=O) groups excluding carboxylic acids is 2. The van der Waals surface area contributed by atoms with Gasteiger partial charge in [-0.1, -0.05) is 32.0 Å². The van der Waals surface area contributed by atoms with Gasteiger partial charge >= 0.3 is 0 Å². The standard InChI is InChI=1S/C24H32N4O2S/c1-18-14-19(2)16-27(15-18)13-7-12-25-23(30)11-10-21-17-31-24(26-21)28(20(3)29)22-8-5-4-6-9-22/h4-6,8-11,17-19H,7,12-16H2,1-3H3,(H,25,30)/b11-10+. The minimum Gasteiger partial charge on any atom is -0.353 e. The molecule has 6 nitrogen and oxygen atoms in total. The van der Waals surface area contributed by atoms with Crippen LogP contribution in [-0.2, 0) is 9.59 Å². The van der Waals surface area contributed by atoms with Crippen molar-refractivity contribution in [1.29, 1.82) is 0 Å². The number of nitrogens with zero attached hydrogens (tertiary/aromatic N) is 3. The third-order valence-corrected chi connectivity index (χ3v) is 6.17. The first-order chi connectivity index (χ1) is 14.9. The Kier molecular flexibility index (Phi) is 8.37. The van der Waals surface area contributed by atoms with Gasteiger partial charge in [-0.2, -0.15) is 0 Å². The highest BCUT2D eigenvalue weighted by Crippen LogP contribution is 2.29. The highest BCUT2D eigenvalue weighted by molar-refractivity contribution is 7.14. The van der Waals surface area contributed by atoms with Gasteiger partial charge in [-0.05, 0) is 49.4 Å². The lowest BCUT2D eigenvalue weighted by molar-refractivity contribution is -0.117. The largest absolute Gasteiger partial charge is 0.353 e. The summed E-state index contributed by atoms with van der Waals surface area (Å²) in [6.45, 7) is 10.1. The predicted molar refractivity (Wildman–Crippen MR) is 127 cm³/mol. The number of rotatable bonds is 8. The molecule has 1 N–H and O–H groups in total. The quantitative estimate of drug-likeness (QED) is 0.490. The molecule has 1 aliphatic heterocycles. The van der Waals surface area contributed by atoms with Crippen molar-refractivity contribution in [3.8, 4) is 0 Å². The van der Waals surface area contributed by atoms with Crippen LogP contribution in [0.15, 0.2) is 41.8 Å². The van der Waals surface area contributed by atoms with Crippen molar-refractivity contribution >= 4 is 40.0 Å². The lowest BCUT2D eigenvalue weighted by atomic mass is 9.92. The number of aromatic nitrogens is 1. The van der Waals surface area contributed by atoms with Crippen LogP contribution >= 0.6 is 11.3 Å². The average Bonchev–Trinajstić information content (AvgIpc) is 3.18. The third kappa shape index (κ3) is 7.01. The van der Waals surface area contributed by atoms with Crippen molar-refractivity contribution in [1.82, 2.24) is 15.2 Å². The Morgan fingerprint density at radius 3 is 2.61 bits per heavy atom. The summed E-state index contributed by atoms with van der Waals surface area (Å²) in [5.74, 6) is 1.28. The molecule has 1 aliphatic rings. The Morgan fingerprint density at radius 2 is 1.94 bits per heavy atom. The lowest BCUT2D eigenvalue weighted by Gasteiger charge is -2.34. The van der Waals surface area contributed by atoms with Crippen molar-refractivity contribution in [3.05, 3.63) is 47.5 Å². The lowest BCUT2D eigenvalue weighted by Crippen LogP contribution is -2.40. The Morgan fingerprint density at radius 1 is 1.23 bits per heavy atom. The van der Waals surface area contributed by atoms with E-state index in [9.17, 15) is 9.59 Å². The number of carbonyl (C=O) groups is 2. The molecule has 2 heterocycles. The molecule has 2 aromatic rings. The molecule has 31 heavy (non-hydrogen) atoms. The topological polar surface area (TPSA) is 65.5 Å². The zero-order valence-electron chi connectivity index (χ0n) is 18.6. The number of thiazole rings is 1. The molecule has 2 unspecified atom stereocenters. The van der Waals surface area contributed by atoms with E-state index in [1.165, 1.54) is 30.8 Å². The van der Waals surface area contributed by atoms with Crippen molar-refractivity contribution in [2.24, 2.45) is 11.8 Å². The van der Waals surface area contributed by atoms with Crippen LogP contribution in [0.4, 0.5) is 10.8 Å². The molecule has 1 aromatic heterocycles. The molecule has 1 saturated heterocycles. The van der Waals surface area contributed by atoms with Crippen LogP contribution in [0, 0.1) is 11.8 Å². The number of hydrogen-bond acceptors (Lipinski definition) is 5. The number of nitrogens with one attached hydrogen (secondary N) is 1. The van der Waals surface area contributed by atoms with E-state index < -0.39 is 0 Å². The van der Waals surface area contributed by atoms with E-state index in [0.29, 0.717) is 17.4 Å². The molecule has 0 radical (unpaired) electrons. The Hall–Kier alpha value is -2.51. The van der Waals surface area contributed by atoms with Crippen LogP contribution in [0.1, 0.15) is 39.3 Å². The van der Waals surface area contributed by atoms with E-state index in [1.807, 2.05) is 35.7 Å². The minimum absolute atomic E-state index is 0.105. The van der Waals surface area contributed by atoms with E-state index in [-0.39, 0.29) is 11.8 Å². The molecular weight excluding hydrogens is 408 g/mol. The number of amides is 2. The van der Waals surface area contributed by atoms with Gasteiger partial charge in [0, 0.05) is 38.0 Å². The summed E-state index contributed by atoms with van der Waals surface area (Å²) in [5, 5.41) is 5.38. The van der Waals surface area contributed by atoms with Gasteiger partial charge in [0.2, 0.25) is 11.8 Å². The summed E-state index contributed by atoms with van der Waals surface area (Å²) in [7, 11) is 0. The second-order valence-electron chi connectivity index (χ2n) is 8.43. The molecule has 0 saturated carbocycles. The maximum Gasteiger partial charge on any atom is 0.244 e. The number of hydrogen-bond donors (Lipinski definition) is 1. The minimum atomic E-state index is -0.124. The second-order valence-corrected chi connectivity index (χ2v) is 9.27. The van der Waals surface area contributed by atoms with Crippen LogP contribution in [0.5, 0.6) is 0 Å². The number of anilines is 2. The summed E-state index contributed by atoms with van der Waals surface area (Å²) in [5.41, 5.74) is 1.43. The van der Waals surface area contributed by atoms with E-state index in [2.05, 4.69) is 29.0 Å². The van der Waals surface area contributed by atoms with Crippen LogP contribution in [0.3, 0.4) is 0 Å². The smallest absolute Gasteiger partial charge is 0.244 e. The molecule has 2 amide bonds. The van der Waals surface area contributed by atoms with E-state index in [4.69, 9.17) is 0 Å². The van der Waals surface area contributed by atoms with Crippen LogP contribution in [-0.4, -0.2) is 47.9 Å². The first-order valence-corrected chi connectivity index (χ1v) is 11.8. The Labute approximate surface area is 189 Å². The molecule has 0 spiro atoms. The zero-order valence-corrected chi connectivity index (χ0v) is 19.4. The van der Waals surface area contributed by atoms with E-state index in [1.54, 1.807) is 11.0 Å². The van der Waals surface area contributed by atoms with Crippen LogP contribution in [0.25, 0.3) is 6.08 Å². The fourth-order valence-corrected chi connectivity index (χ4v) is 5.02. The normalized spacial score (nSPS) is 19.5. The second kappa shape index (κ2) is 11.2. The van der Waals surface area contributed by atoms with Crippen LogP contribution in [0.2, 0.25) is 0 Å². The fraction of sp³-hybridized carbons (Fsp3) is 0.458. The van der Waals surface area contributed by atoms with Crippen molar-refractivity contribution < 1.29 is 9.59 Å². The number of benzene rings is 1. The first kappa shape index (κ1) is 23.2. The SMILES string of the molecule is CC(=O)N(c1ccccc1)c1nc(/C=C/C(=O)NCCCN2CC(C)CC(C)C2)cs1. The molecular formula is C24H32N4O2S. The number of likely N-dealkylation sites (tertiary alicyclic amines) is 1. The van der Waals surface area contributed by atoms with E-state index >= 15 is 0 Å². The summed E-state index contributed by atoms with van der Waals surface area (Å²) in [4.78, 5) is 32.8. The van der Waals surface area contributed by atoms with Gasteiger partial charge < -0.3 is 10.2 Å². The number of piperidine rings is 1. The number of para-hydroxylation sites is 1. The average molecular weight is 441 g/mol. The van der Waals surface area contributed by atoms with Gasteiger partial charge in [-0.15, -0.1) is 11.3 Å². The summed E-state index contributed by atoms with van der Waals surface area (Å²) in [6, 6.07) is 9.42. The molecule has 1 aromatic carbocycles. The maximum absolute atomic E-state index is 12.1. The molecule has 0 bridgehead atoms. The molecule has 1 fully saturated rings. The molecule has 2 atom stereocenters. The van der Waals surface area contributed by atoms with Gasteiger partial charge in [-0.3, -0.25) is 14.5 Å². The third-order valence-electron chi connectivity index (χ3n) is 5.33. The molecule has 7 heteroatoms. The molecule has 166 valence electrons. The Bertz CT molecular complexity index is 886. The predicted octanol–water partition coefficient (Wildman–Crippen LogP) is 4.33. The fourth-order valence-electron chi connectivity index (χ4n) is 4.17. The van der Waals surface area contributed by atoms with E-state index in [0.717, 1.165) is 43.6 Å². The van der Waals surface area contributed by atoms with Gasteiger partial charge in [0.05, 0.1) is 11.4 Å². The van der Waals surface area contributed by atoms with Crippen LogP contribution < -0.4 is 10.2 Å². The van der Waals surface area contributed by atoms with Crippen molar-refractivity contribution in [3.63, 3.8) is 0 Å². The molecule has 3 rings (SSSR count). The first-order valence-electron chi connectivity index (χ1n) is 10.9. The summed E-state index contributed by atoms with van der Waals surface area (Å²) in [6.07, 6.45) is 5.45. The summed E-state index contributed by atoms with van der Waals surface area (Å²) < 4.78 is 0. The van der Waals surface area contributed by atoms with Crippen molar-refractivity contribution in [2.75, 3.05) is 31.1 Å². The maximum atomic E-state index is 12.1.